The number of hydrogen-bond donors (Lipinski definition) is 2. The molecule has 12 heavy (non-hydrogen) atoms. The molecule has 0 aromatic heterocycles. The van der Waals surface area contributed by atoms with Gasteiger partial charge in [-0.2, -0.15) is 0 Å². The van der Waals surface area contributed by atoms with Crippen molar-refractivity contribution in [3.05, 3.63) is 0 Å². The number of Topliss-reactive ketones (excluding diaryl/α,β-unsaturated/α-hetero) is 1. The first kappa shape index (κ1) is 9.19. The summed E-state index contributed by atoms with van der Waals surface area (Å²) in [6, 6.07) is 0.166. The van der Waals surface area contributed by atoms with Crippen LogP contribution in [0, 0.1) is 0 Å². The quantitative estimate of drug-likeness (QED) is 0.604. The molecule has 0 spiro atoms. The van der Waals surface area contributed by atoms with Crippen LogP contribution in [0.3, 0.4) is 0 Å². The van der Waals surface area contributed by atoms with E-state index in [0.29, 0.717) is 25.7 Å². The average Bonchev–Trinajstić information content (AvgIpc) is 2.01. The van der Waals surface area contributed by atoms with Crippen molar-refractivity contribution in [2.24, 2.45) is 5.73 Å². The Morgan fingerprint density at radius 3 is 3.00 bits per heavy atom. The summed E-state index contributed by atoms with van der Waals surface area (Å²) < 4.78 is 0. The number of nitrogens with two attached hydrogens (primary N) is 1. The van der Waals surface area contributed by atoms with Gasteiger partial charge in [0.15, 0.2) is 0 Å². The zero-order valence-electron chi connectivity index (χ0n) is 7.01. The lowest BCUT2D eigenvalue weighted by atomic mass is 9.99. The van der Waals surface area contributed by atoms with Crippen LogP contribution < -0.4 is 11.1 Å². The van der Waals surface area contributed by atoms with E-state index in [9.17, 15) is 9.59 Å². The maximum absolute atomic E-state index is 11.0. The van der Waals surface area contributed by atoms with E-state index in [2.05, 4.69) is 5.32 Å². The number of ketones is 1. The number of carbonyl (C=O) groups is 2. The van der Waals surface area contributed by atoms with Crippen LogP contribution in [-0.4, -0.2) is 24.3 Å². The second-order valence-electron chi connectivity index (χ2n) is 3.15. The fourth-order valence-electron chi connectivity index (χ4n) is 1.39. The monoisotopic (exact) mass is 170 g/mol. The topological polar surface area (TPSA) is 72.2 Å². The van der Waals surface area contributed by atoms with Gasteiger partial charge in [0.2, 0.25) is 5.91 Å². The first-order valence-corrected chi connectivity index (χ1v) is 4.22. The molecule has 3 N–H and O–H groups in total. The van der Waals surface area contributed by atoms with Crippen LogP contribution in [0.4, 0.5) is 0 Å². The minimum absolute atomic E-state index is 0.166. The van der Waals surface area contributed by atoms with E-state index < -0.39 is 0 Å². The van der Waals surface area contributed by atoms with Crippen LogP contribution in [0.5, 0.6) is 0 Å². The number of nitrogens with one attached hydrogen (secondary N) is 1. The Morgan fingerprint density at radius 1 is 1.67 bits per heavy atom. The van der Waals surface area contributed by atoms with Crippen LogP contribution in [0.2, 0.25) is 0 Å². The van der Waals surface area contributed by atoms with Gasteiger partial charge >= 0.3 is 0 Å². The van der Waals surface area contributed by atoms with E-state index >= 15 is 0 Å². The highest BCUT2D eigenvalue weighted by atomic mass is 16.1. The molecule has 1 heterocycles. The van der Waals surface area contributed by atoms with Crippen molar-refractivity contribution in [3.8, 4) is 0 Å². The van der Waals surface area contributed by atoms with Crippen molar-refractivity contribution in [1.29, 1.82) is 0 Å². The van der Waals surface area contributed by atoms with E-state index in [0.717, 1.165) is 6.54 Å². The van der Waals surface area contributed by atoms with Crippen molar-refractivity contribution in [2.75, 3.05) is 6.54 Å². The molecule has 1 fully saturated rings. The van der Waals surface area contributed by atoms with Crippen LogP contribution in [-0.2, 0) is 9.59 Å². The van der Waals surface area contributed by atoms with Crippen molar-refractivity contribution in [2.45, 2.75) is 31.7 Å². The number of carbonyl (C=O) groups excluding carboxylic acids is 2. The van der Waals surface area contributed by atoms with Gasteiger partial charge in [-0.25, -0.2) is 0 Å². The third-order valence-electron chi connectivity index (χ3n) is 2.05. The summed E-state index contributed by atoms with van der Waals surface area (Å²) in [5.74, 6) is -0.0157. The Kier molecular flexibility index (Phi) is 3.22. The van der Waals surface area contributed by atoms with Gasteiger partial charge in [0.1, 0.15) is 5.78 Å². The van der Waals surface area contributed by atoms with E-state index in [-0.39, 0.29) is 17.7 Å². The standard InChI is InChI=1S/C8H14N2O2/c9-8(12)2-1-6-5-7(11)3-4-10-6/h6,10H,1-5H2,(H2,9,12). The number of rotatable bonds is 3. The highest BCUT2D eigenvalue weighted by Gasteiger charge is 2.18. The van der Waals surface area contributed by atoms with Crippen LogP contribution >= 0.6 is 0 Å². The van der Waals surface area contributed by atoms with E-state index in [1.807, 2.05) is 0 Å². The molecule has 0 radical (unpaired) electrons. The van der Waals surface area contributed by atoms with Gasteiger partial charge < -0.3 is 11.1 Å². The fourth-order valence-corrected chi connectivity index (χ4v) is 1.39. The summed E-state index contributed by atoms with van der Waals surface area (Å²) in [4.78, 5) is 21.4. The van der Waals surface area contributed by atoms with Crippen molar-refractivity contribution >= 4 is 11.7 Å². The molecule has 0 bridgehead atoms. The lowest BCUT2D eigenvalue weighted by molar-refractivity contribution is -0.122. The summed E-state index contributed by atoms with van der Waals surface area (Å²) in [5.41, 5.74) is 4.99. The largest absolute Gasteiger partial charge is 0.370 e. The summed E-state index contributed by atoms with van der Waals surface area (Å²) in [6.07, 6.45) is 2.21. The molecule has 1 aliphatic heterocycles. The lowest BCUT2D eigenvalue weighted by Crippen LogP contribution is -2.38. The van der Waals surface area contributed by atoms with Crippen LogP contribution in [0.25, 0.3) is 0 Å². The van der Waals surface area contributed by atoms with Gasteiger partial charge in [0.05, 0.1) is 0 Å². The van der Waals surface area contributed by atoms with Crippen LogP contribution in [0.15, 0.2) is 0 Å². The molecule has 1 rings (SSSR count). The molecule has 1 saturated heterocycles. The van der Waals surface area contributed by atoms with E-state index in [1.54, 1.807) is 0 Å². The number of primary amides is 1. The normalized spacial score (nSPS) is 24.0. The molecule has 0 aromatic rings. The molecule has 68 valence electrons. The third kappa shape index (κ3) is 3.00. The number of piperidine rings is 1. The molecule has 1 aliphatic rings. The van der Waals surface area contributed by atoms with Gasteiger partial charge in [-0.05, 0) is 6.42 Å². The summed E-state index contributed by atoms with van der Waals surface area (Å²) >= 11 is 0. The smallest absolute Gasteiger partial charge is 0.217 e. The predicted molar refractivity (Wildman–Crippen MR) is 44.5 cm³/mol. The second kappa shape index (κ2) is 4.21. The van der Waals surface area contributed by atoms with Gasteiger partial charge in [-0.3, -0.25) is 9.59 Å². The highest BCUT2D eigenvalue weighted by molar-refractivity contribution is 5.80. The average molecular weight is 170 g/mol. The Labute approximate surface area is 71.5 Å². The molecule has 1 unspecified atom stereocenters. The van der Waals surface area contributed by atoms with E-state index in [4.69, 9.17) is 5.73 Å². The second-order valence-corrected chi connectivity index (χ2v) is 3.15. The first-order chi connectivity index (χ1) is 5.68. The third-order valence-corrected chi connectivity index (χ3v) is 2.05. The molecule has 0 saturated carbocycles. The lowest BCUT2D eigenvalue weighted by Gasteiger charge is -2.21. The Bertz CT molecular complexity index is 191. The van der Waals surface area contributed by atoms with Gasteiger partial charge in [0, 0.05) is 31.8 Å². The van der Waals surface area contributed by atoms with Gasteiger partial charge in [0.25, 0.3) is 0 Å². The minimum atomic E-state index is -0.296. The maximum atomic E-state index is 11.0. The van der Waals surface area contributed by atoms with Gasteiger partial charge in [-0.1, -0.05) is 0 Å². The van der Waals surface area contributed by atoms with Crippen molar-refractivity contribution in [1.82, 2.24) is 5.32 Å². The molecule has 4 nitrogen and oxygen atoms in total. The predicted octanol–water partition coefficient (Wildman–Crippen LogP) is -0.427. The molecule has 0 aromatic carbocycles. The molecule has 1 atom stereocenters. The van der Waals surface area contributed by atoms with Crippen molar-refractivity contribution in [3.63, 3.8) is 0 Å². The molecule has 0 aliphatic carbocycles. The zero-order valence-corrected chi connectivity index (χ0v) is 7.01. The SMILES string of the molecule is NC(=O)CCC1CC(=O)CCN1. The minimum Gasteiger partial charge on any atom is -0.370 e. The number of hydrogen-bond acceptors (Lipinski definition) is 3. The molecule has 4 heteroatoms. The summed E-state index contributed by atoms with van der Waals surface area (Å²) in [5, 5.41) is 3.18. The Hall–Kier alpha value is -0.900. The summed E-state index contributed by atoms with van der Waals surface area (Å²) in [6.45, 7) is 0.738. The molecular weight excluding hydrogens is 156 g/mol. The number of amides is 1. The first-order valence-electron chi connectivity index (χ1n) is 4.22. The maximum Gasteiger partial charge on any atom is 0.217 e. The van der Waals surface area contributed by atoms with Crippen molar-refractivity contribution < 1.29 is 9.59 Å². The Morgan fingerprint density at radius 2 is 2.42 bits per heavy atom. The molecule has 1 amide bonds. The van der Waals surface area contributed by atoms with Crippen LogP contribution in [0.1, 0.15) is 25.7 Å². The van der Waals surface area contributed by atoms with E-state index in [1.165, 1.54) is 0 Å². The fraction of sp³-hybridized carbons (Fsp3) is 0.750. The Balaban J connectivity index is 2.23. The molecular formula is C8H14N2O2. The highest BCUT2D eigenvalue weighted by Crippen LogP contribution is 2.08. The zero-order chi connectivity index (χ0) is 8.97. The summed E-state index contributed by atoms with van der Waals surface area (Å²) in [7, 11) is 0. The van der Waals surface area contributed by atoms with Gasteiger partial charge in [-0.15, -0.1) is 0 Å².